The van der Waals surface area contributed by atoms with Crippen molar-refractivity contribution in [1.82, 2.24) is 0 Å². The molecule has 0 aliphatic heterocycles. The van der Waals surface area contributed by atoms with E-state index in [2.05, 4.69) is 10.1 Å². The first-order chi connectivity index (χ1) is 12.3. The Morgan fingerprint density at radius 3 is 2.46 bits per heavy atom. The number of carbonyl (C=O) groups excluding carboxylic acids is 2. The van der Waals surface area contributed by atoms with Gasteiger partial charge in [-0.15, -0.1) is 11.8 Å². The van der Waals surface area contributed by atoms with E-state index in [1.54, 1.807) is 19.1 Å². The molecule has 0 spiro atoms. The van der Waals surface area contributed by atoms with E-state index in [0.717, 1.165) is 0 Å². The Morgan fingerprint density at radius 2 is 1.88 bits per heavy atom. The molecule has 2 aromatic carbocycles. The van der Waals surface area contributed by atoms with Crippen molar-refractivity contribution in [3.63, 3.8) is 0 Å². The maximum Gasteiger partial charge on any atom is 0.337 e. The van der Waals surface area contributed by atoms with E-state index >= 15 is 0 Å². The van der Waals surface area contributed by atoms with Crippen LogP contribution in [0.3, 0.4) is 0 Å². The van der Waals surface area contributed by atoms with Gasteiger partial charge in [0.2, 0.25) is 5.91 Å². The second kappa shape index (κ2) is 8.68. The summed E-state index contributed by atoms with van der Waals surface area (Å²) in [7, 11) is 1.26. The van der Waals surface area contributed by atoms with Crippen molar-refractivity contribution in [2.45, 2.75) is 17.1 Å². The molecule has 0 bridgehead atoms. The summed E-state index contributed by atoms with van der Waals surface area (Å²) in [6.07, 6.45) is 0. The topological polar surface area (TPSA) is 98.5 Å². The number of benzene rings is 2. The van der Waals surface area contributed by atoms with Crippen LogP contribution in [0, 0.1) is 10.1 Å². The fourth-order valence-corrected chi connectivity index (χ4v) is 3.04. The second-order valence-electron chi connectivity index (χ2n) is 5.19. The van der Waals surface area contributed by atoms with E-state index < -0.39 is 16.1 Å². The Balaban J connectivity index is 2.07. The van der Waals surface area contributed by atoms with Crippen molar-refractivity contribution in [1.29, 1.82) is 0 Å². The second-order valence-corrected chi connectivity index (χ2v) is 7.01. The van der Waals surface area contributed by atoms with Crippen LogP contribution in [0.15, 0.2) is 47.4 Å². The zero-order valence-corrected chi connectivity index (χ0v) is 15.5. The summed E-state index contributed by atoms with van der Waals surface area (Å²) in [5, 5.41) is 13.1. The number of amides is 1. The molecule has 0 aliphatic carbocycles. The molecule has 0 heterocycles. The SMILES string of the molecule is COC(=O)c1ccc(Cl)c(NC(=O)C(C)Sc2ccc([N+](=O)[O-])cc2)c1. The van der Waals surface area contributed by atoms with Crippen molar-refractivity contribution in [3.05, 3.63) is 63.2 Å². The molecule has 1 atom stereocenters. The molecule has 0 aromatic heterocycles. The van der Waals surface area contributed by atoms with Gasteiger partial charge in [-0.05, 0) is 37.3 Å². The molecular weight excluding hydrogens is 380 g/mol. The van der Waals surface area contributed by atoms with Crippen LogP contribution in [0.1, 0.15) is 17.3 Å². The molecule has 26 heavy (non-hydrogen) atoms. The summed E-state index contributed by atoms with van der Waals surface area (Å²) in [6, 6.07) is 10.4. The molecule has 7 nitrogen and oxygen atoms in total. The summed E-state index contributed by atoms with van der Waals surface area (Å²) in [4.78, 5) is 34.9. The highest BCUT2D eigenvalue weighted by Gasteiger charge is 2.17. The first-order valence-corrected chi connectivity index (χ1v) is 8.67. The van der Waals surface area contributed by atoms with Gasteiger partial charge < -0.3 is 10.1 Å². The van der Waals surface area contributed by atoms with Gasteiger partial charge in [0.15, 0.2) is 0 Å². The zero-order chi connectivity index (χ0) is 19.3. The lowest BCUT2D eigenvalue weighted by Crippen LogP contribution is -2.22. The average molecular weight is 395 g/mol. The van der Waals surface area contributed by atoms with Gasteiger partial charge >= 0.3 is 5.97 Å². The van der Waals surface area contributed by atoms with Gasteiger partial charge in [-0.25, -0.2) is 4.79 Å². The monoisotopic (exact) mass is 394 g/mol. The minimum atomic E-state index is -0.537. The molecule has 0 saturated carbocycles. The third kappa shape index (κ3) is 4.96. The molecule has 136 valence electrons. The fraction of sp³-hybridized carbons (Fsp3) is 0.176. The van der Waals surface area contributed by atoms with E-state index in [1.807, 2.05) is 0 Å². The number of carbonyl (C=O) groups is 2. The van der Waals surface area contributed by atoms with Crippen molar-refractivity contribution in [2.75, 3.05) is 12.4 Å². The van der Waals surface area contributed by atoms with Crippen LogP contribution < -0.4 is 5.32 Å². The quantitative estimate of drug-likeness (QED) is 0.342. The molecule has 2 rings (SSSR count). The Bertz CT molecular complexity index is 842. The first kappa shape index (κ1) is 19.7. The molecule has 0 aliphatic rings. The lowest BCUT2D eigenvalue weighted by molar-refractivity contribution is -0.384. The molecule has 1 unspecified atom stereocenters. The normalized spacial score (nSPS) is 11.5. The van der Waals surface area contributed by atoms with Crippen LogP contribution in [-0.4, -0.2) is 29.2 Å². The minimum Gasteiger partial charge on any atom is -0.465 e. The number of thioether (sulfide) groups is 1. The number of halogens is 1. The smallest absolute Gasteiger partial charge is 0.337 e. The van der Waals surface area contributed by atoms with Crippen molar-refractivity contribution >= 4 is 46.6 Å². The van der Waals surface area contributed by atoms with Gasteiger partial charge in [-0.3, -0.25) is 14.9 Å². The summed E-state index contributed by atoms with van der Waals surface area (Å²) in [5.41, 5.74) is 0.552. The van der Waals surface area contributed by atoms with Crippen molar-refractivity contribution in [3.8, 4) is 0 Å². The standard InChI is InChI=1S/C17H15ClN2O5S/c1-10(26-13-6-4-12(5-7-13)20(23)24)16(21)19-15-9-11(17(22)25-2)3-8-14(15)18/h3-10H,1-2H3,(H,19,21). The summed E-state index contributed by atoms with van der Waals surface area (Å²) < 4.78 is 4.64. The highest BCUT2D eigenvalue weighted by Crippen LogP contribution is 2.28. The van der Waals surface area contributed by atoms with Crippen molar-refractivity contribution in [2.24, 2.45) is 0 Å². The number of nitrogens with one attached hydrogen (secondary N) is 1. The molecule has 2 aromatic rings. The number of non-ortho nitro benzene ring substituents is 1. The number of methoxy groups -OCH3 is 1. The maximum atomic E-state index is 12.4. The number of anilines is 1. The molecule has 1 amide bonds. The van der Waals surface area contributed by atoms with Crippen LogP contribution >= 0.6 is 23.4 Å². The molecule has 1 N–H and O–H groups in total. The van der Waals surface area contributed by atoms with E-state index in [0.29, 0.717) is 15.6 Å². The van der Waals surface area contributed by atoms with Crippen molar-refractivity contribution < 1.29 is 19.2 Å². The Kier molecular flexibility index (Phi) is 6.59. The summed E-state index contributed by atoms with van der Waals surface area (Å²) in [5.74, 6) is -0.859. The van der Waals surface area contributed by atoms with Crippen LogP contribution in [0.25, 0.3) is 0 Å². The van der Waals surface area contributed by atoms with E-state index in [4.69, 9.17) is 11.6 Å². The molecule has 0 fully saturated rings. The number of nitro benzene ring substituents is 1. The van der Waals surface area contributed by atoms with Gasteiger partial charge in [0.25, 0.3) is 5.69 Å². The summed E-state index contributed by atoms with van der Waals surface area (Å²) in [6.45, 7) is 1.69. The number of rotatable bonds is 6. The number of nitrogens with zero attached hydrogens (tertiary/aromatic N) is 1. The van der Waals surface area contributed by atoms with Crippen LogP contribution in [0.5, 0.6) is 0 Å². The predicted molar refractivity (Wildman–Crippen MR) is 99.8 cm³/mol. The highest BCUT2D eigenvalue weighted by atomic mass is 35.5. The number of hydrogen-bond donors (Lipinski definition) is 1. The molecule has 9 heteroatoms. The third-order valence-electron chi connectivity index (χ3n) is 3.37. The molecular formula is C17H15ClN2O5S. The van der Waals surface area contributed by atoms with E-state index in [9.17, 15) is 19.7 Å². The van der Waals surface area contributed by atoms with Crippen LogP contribution in [-0.2, 0) is 9.53 Å². The van der Waals surface area contributed by atoms with Gasteiger partial charge in [-0.1, -0.05) is 11.6 Å². The molecule has 0 saturated heterocycles. The third-order valence-corrected chi connectivity index (χ3v) is 4.82. The number of esters is 1. The van der Waals surface area contributed by atoms with Crippen LogP contribution in [0.2, 0.25) is 5.02 Å². The highest BCUT2D eigenvalue weighted by molar-refractivity contribution is 8.00. The van der Waals surface area contributed by atoms with Gasteiger partial charge in [0, 0.05) is 17.0 Å². The molecule has 0 radical (unpaired) electrons. The predicted octanol–water partition coefficient (Wildman–Crippen LogP) is 4.15. The maximum absolute atomic E-state index is 12.4. The lowest BCUT2D eigenvalue weighted by atomic mass is 10.2. The lowest BCUT2D eigenvalue weighted by Gasteiger charge is -2.13. The minimum absolute atomic E-state index is 0.0159. The number of hydrogen-bond acceptors (Lipinski definition) is 6. The van der Waals surface area contributed by atoms with Gasteiger partial charge in [0.05, 0.1) is 33.6 Å². The van der Waals surface area contributed by atoms with E-state index in [1.165, 1.54) is 49.2 Å². The number of ether oxygens (including phenoxy) is 1. The first-order valence-electron chi connectivity index (χ1n) is 7.41. The van der Waals surface area contributed by atoms with E-state index in [-0.39, 0.29) is 17.2 Å². The Labute approximate surface area is 158 Å². The number of nitro groups is 1. The van der Waals surface area contributed by atoms with Crippen LogP contribution in [0.4, 0.5) is 11.4 Å². The zero-order valence-electron chi connectivity index (χ0n) is 13.9. The summed E-state index contributed by atoms with van der Waals surface area (Å²) >= 11 is 7.31. The fourth-order valence-electron chi connectivity index (χ4n) is 2.00. The average Bonchev–Trinajstić information content (AvgIpc) is 2.63. The van der Waals surface area contributed by atoms with Gasteiger partial charge in [-0.2, -0.15) is 0 Å². The Morgan fingerprint density at radius 1 is 1.23 bits per heavy atom. The largest absolute Gasteiger partial charge is 0.465 e. The Hall–Kier alpha value is -2.58. The van der Waals surface area contributed by atoms with Gasteiger partial charge in [0.1, 0.15) is 0 Å².